The number of hydrogen-bond acceptors (Lipinski definition) is 5. The highest BCUT2D eigenvalue weighted by atomic mass is 35.5. The van der Waals surface area contributed by atoms with E-state index >= 15 is 0 Å². The zero-order valence-electron chi connectivity index (χ0n) is 20.2. The van der Waals surface area contributed by atoms with Crippen molar-refractivity contribution in [3.05, 3.63) is 61.6 Å². The lowest BCUT2D eigenvalue weighted by Gasteiger charge is -2.31. The van der Waals surface area contributed by atoms with Gasteiger partial charge in [-0.05, 0) is 63.8 Å². The molecule has 1 aliphatic rings. The molecule has 6 nitrogen and oxygen atoms in total. The number of benzene rings is 1. The van der Waals surface area contributed by atoms with E-state index in [9.17, 15) is 4.79 Å². The van der Waals surface area contributed by atoms with E-state index in [1.54, 1.807) is 4.90 Å². The lowest BCUT2D eigenvalue weighted by Crippen LogP contribution is -2.38. The summed E-state index contributed by atoms with van der Waals surface area (Å²) in [5.74, 6) is 1.07. The lowest BCUT2D eigenvalue weighted by molar-refractivity contribution is 0.0725. The van der Waals surface area contributed by atoms with Crippen LogP contribution in [0.25, 0.3) is 11.1 Å². The third kappa shape index (κ3) is 4.53. The molecule has 0 N–H and O–H groups in total. The van der Waals surface area contributed by atoms with Crippen LogP contribution in [-0.4, -0.2) is 34.1 Å². The van der Waals surface area contributed by atoms with Gasteiger partial charge in [-0.15, -0.1) is 0 Å². The molecule has 0 saturated carbocycles. The van der Waals surface area contributed by atoms with E-state index in [1.807, 2.05) is 39.8 Å². The summed E-state index contributed by atoms with van der Waals surface area (Å²) in [5.41, 5.74) is 6.21. The standard InChI is InChI=1S/C26H29Cl2N3O3/c1-6-7-10-33-25-20(14(2)11-15(3)29-25)13-31-9-8-18-21(27)12-19(24(28)23(18)26(31)32)22-16(4)30-34-17(22)5/h11-12H,6-10,13H2,1-5H3. The number of rotatable bonds is 7. The molecule has 0 radical (unpaired) electrons. The highest BCUT2D eigenvalue weighted by molar-refractivity contribution is 6.39. The number of carbonyl (C=O) groups is 1. The van der Waals surface area contributed by atoms with Gasteiger partial charge in [0.25, 0.3) is 5.91 Å². The average molecular weight is 502 g/mol. The van der Waals surface area contributed by atoms with Gasteiger partial charge in [-0.1, -0.05) is 41.7 Å². The van der Waals surface area contributed by atoms with Gasteiger partial charge in [0.2, 0.25) is 5.88 Å². The van der Waals surface area contributed by atoms with Crippen LogP contribution < -0.4 is 4.74 Å². The minimum absolute atomic E-state index is 0.152. The number of nitrogens with zero attached hydrogens (tertiary/aromatic N) is 3. The first-order valence-electron chi connectivity index (χ1n) is 11.6. The molecule has 1 aromatic carbocycles. The number of hydrogen-bond donors (Lipinski definition) is 0. The fraction of sp³-hybridized carbons (Fsp3) is 0.423. The van der Waals surface area contributed by atoms with Gasteiger partial charge >= 0.3 is 0 Å². The fourth-order valence-corrected chi connectivity index (χ4v) is 5.12. The number of amides is 1. The molecule has 34 heavy (non-hydrogen) atoms. The quantitative estimate of drug-likeness (QED) is 0.338. The summed E-state index contributed by atoms with van der Waals surface area (Å²) >= 11 is 13.5. The number of ether oxygens (including phenoxy) is 1. The van der Waals surface area contributed by atoms with Crippen LogP contribution in [0.3, 0.4) is 0 Å². The average Bonchev–Trinajstić information content (AvgIpc) is 3.12. The second-order valence-corrected chi connectivity index (χ2v) is 9.60. The van der Waals surface area contributed by atoms with Crippen molar-refractivity contribution in [3.63, 3.8) is 0 Å². The molecule has 2 aromatic heterocycles. The van der Waals surface area contributed by atoms with Gasteiger partial charge in [-0.3, -0.25) is 4.79 Å². The van der Waals surface area contributed by atoms with Gasteiger partial charge in [0.1, 0.15) is 5.76 Å². The Kier molecular flexibility index (Phi) is 7.20. The van der Waals surface area contributed by atoms with E-state index in [0.29, 0.717) is 64.6 Å². The predicted molar refractivity (Wildman–Crippen MR) is 134 cm³/mol. The Morgan fingerprint density at radius 1 is 1.15 bits per heavy atom. The molecule has 0 atom stereocenters. The molecule has 0 aliphatic carbocycles. The molecule has 3 heterocycles. The number of fused-ring (bicyclic) bond motifs is 1. The molecule has 3 aromatic rings. The normalized spacial score (nSPS) is 13.4. The van der Waals surface area contributed by atoms with Crippen LogP contribution in [0.2, 0.25) is 10.0 Å². The van der Waals surface area contributed by atoms with Crippen molar-refractivity contribution in [2.24, 2.45) is 0 Å². The van der Waals surface area contributed by atoms with Gasteiger partial charge < -0.3 is 14.2 Å². The van der Waals surface area contributed by atoms with Crippen molar-refractivity contribution >= 4 is 29.1 Å². The zero-order chi connectivity index (χ0) is 24.6. The molecule has 0 saturated heterocycles. The van der Waals surface area contributed by atoms with Gasteiger partial charge in [0.15, 0.2) is 0 Å². The maximum Gasteiger partial charge on any atom is 0.256 e. The topological polar surface area (TPSA) is 68.5 Å². The van der Waals surface area contributed by atoms with Crippen LogP contribution in [-0.2, 0) is 13.0 Å². The van der Waals surface area contributed by atoms with Crippen LogP contribution in [0.15, 0.2) is 16.7 Å². The molecule has 0 unspecified atom stereocenters. The van der Waals surface area contributed by atoms with Crippen molar-refractivity contribution in [2.75, 3.05) is 13.2 Å². The highest BCUT2D eigenvalue weighted by Crippen LogP contribution is 2.42. The first-order chi connectivity index (χ1) is 16.2. The van der Waals surface area contributed by atoms with E-state index in [2.05, 4.69) is 17.1 Å². The smallest absolute Gasteiger partial charge is 0.256 e. The maximum atomic E-state index is 13.7. The molecular weight excluding hydrogens is 473 g/mol. The molecular formula is C26H29Cl2N3O3. The van der Waals surface area contributed by atoms with E-state index in [1.165, 1.54) is 0 Å². The first-order valence-corrected chi connectivity index (χ1v) is 12.3. The van der Waals surface area contributed by atoms with Gasteiger partial charge in [0.05, 0.1) is 29.4 Å². The first kappa shape index (κ1) is 24.6. The number of aromatic nitrogens is 2. The second kappa shape index (κ2) is 9.96. The molecule has 0 fully saturated rings. The van der Waals surface area contributed by atoms with Crippen molar-refractivity contribution in [2.45, 2.75) is 60.4 Å². The number of halogens is 2. The van der Waals surface area contributed by atoms with Crippen molar-refractivity contribution in [1.29, 1.82) is 0 Å². The predicted octanol–water partition coefficient (Wildman–Crippen LogP) is 6.65. The van der Waals surface area contributed by atoms with E-state index in [0.717, 1.165) is 40.8 Å². The van der Waals surface area contributed by atoms with Gasteiger partial charge in [-0.2, -0.15) is 0 Å². The van der Waals surface area contributed by atoms with E-state index < -0.39 is 0 Å². The summed E-state index contributed by atoms with van der Waals surface area (Å²) < 4.78 is 11.3. The molecule has 4 rings (SSSR count). The molecule has 1 aliphatic heterocycles. The number of aryl methyl sites for hydroxylation is 4. The van der Waals surface area contributed by atoms with Crippen molar-refractivity contribution in [3.8, 4) is 17.0 Å². The largest absolute Gasteiger partial charge is 0.477 e. The second-order valence-electron chi connectivity index (χ2n) is 8.82. The third-order valence-electron chi connectivity index (χ3n) is 6.28. The molecule has 1 amide bonds. The van der Waals surface area contributed by atoms with Crippen molar-refractivity contribution < 1.29 is 14.1 Å². The van der Waals surface area contributed by atoms with Gasteiger partial charge in [-0.25, -0.2) is 4.98 Å². The van der Waals surface area contributed by atoms with Crippen LogP contribution in [0.4, 0.5) is 0 Å². The van der Waals surface area contributed by atoms with Crippen LogP contribution in [0.1, 0.15) is 64.0 Å². The Morgan fingerprint density at radius 2 is 1.91 bits per heavy atom. The highest BCUT2D eigenvalue weighted by Gasteiger charge is 2.32. The van der Waals surface area contributed by atoms with E-state index in [4.69, 9.17) is 32.5 Å². The Bertz CT molecular complexity index is 1230. The van der Waals surface area contributed by atoms with Gasteiger partial charge in [0, 0.05) is 34.0 Å². The molecule has 0 spiro atoms. The Hall–Kier alpha value is -2.57. The monoisotopic (exact) mass is 501 g/mol. The number of pyridine rings is 1. The van der Waals surface area contributed by atoms with E-state index in [-0.39, 0.29) is 5.91 Å². The third-order valence-corrected chi connectivity index (χ3v) is 7.01. The Morgan fingerprint density at radius 3 is 2.59 bits per heavy atom. The zero-order valence-corrected chi connectivity index (χ0v) is 21.7. The Labute approximate surface area is 210 Å². The summed E-state index contributed by atoms with van der Waals surface area (Å²) in [6.07, 6.45) is 2.60. The van der Waals surface area contributed by atoms with Crippen LogP contribution in [0.5, 0.6) is 5.88 Å². The van der Waals surface area contributed by atoms with Crippen LogP contribution >= 0.6 is 23.2 Å². The minimum Gasteiger partial charge on any atom is -0.477 e. The summed E-state index contributed by atoms with van der Waals surface area (Å²) in [5, 5.41) is 4.93. The summed E-state index contributed by atoms with van der Waals surface area (Å²) in [4.78, 5) is 20.1. The lowest BCUT2D eigenvalue weighted by atomic mass is 9.92. The maximum absolute atomic E-state index is 13.7. The summed E-state index contributed by atoms with van der Waals surface area (Å²) in [6.45, 7) is 11.3. The SMILES string of the molecule is CCCCOc1nc(C)cc(C)c1CN1CCc2c(Cl)cc(-c3c(C)noc3C)c(Cl)c2C1=O. The number of carbonyl (C=O) groups excluding carboxylic acids is 1. The number of unbranched alkanes of at least 4 members (excludes halogenated alkanes) is 1. The molecule has 180 valence electrons. The van der Waals surface area contributed by atoms with Crippen LogP contribution in [0, 0.1) is 27.7 Å². The van der Waals surface area contributed by atoms with Crippen molar-refractivity contribution in [1.82, 2.24) is 15.0 Å². The fourth-order valence-electron chi connectivity index (χ4n) is 4.48. The molecule has 0 bridgehead atoms. The minimum atomic E-state index is -0.152. The molecule has 8 heteroatoms. The summed E-state index contributed by atoms with van der Waals surface area (Å²) in [7, 11) is 0. The summed E-state index contributed by atoms with van der Waals surface area (Å²) in [6, 6.07) is 3.83. The Balaban J connectivity index is 1.71.